The first-order valence-electron chi connectivity index (χ1n) is 6.76. The number of carbonyl (C=O) groups excluding carboxylic acids is 2. The summed E-state index contributed by atoms with van der Waals surface area (Å²) >= 11 is 7.86. The number of phenolic OH excluding ortho intramolecular Hbond substituents is 1. The summed E-state index contributed by atoms with van der Waals surface area (Å²) in [6, 6.07) is 9.59. The van der Waals surface area contributed by atoms with E-state index < -0.39 is 5.91 Å². The van der Waals surface area contributed by atoms with Crippen molar-refractivity contribution in [3.8, 4) is 5.75 Å². The van der Waals surface area contributed by atoms with E-state index in [0.717, 1.165) is 0 Å². The Hall–Kier alpha value is -2.13. The molecule has 0 saturated carbocycles. The minimum absolute atomic E-state index is 0.0330. The lowest BCUT2D eigenvalue weighted by Gasteiger charge is -2.05. The van der Waals surface area contributed by atoms with Gasteiger partial charge in [-0.1, -0.05) is 17.7 Å². The van der Waals surface area contributed by atoms with Crippen molar-refractivity contribution in [1.82, 2.24) is 5.43 Å². The first kappa shape index (κ1) is 18.2. The third kappa shape index (κ3) is 4.93. The summed E-state index contributed by atoms with van der Waals surface area (Å²) in [6.45, 7) is 1.38. The van der Waals surface area contributed by atoms with Gasteiger partial charge in [-0.25, -0.2) is 5.43 Å². The lowest BCUT2D eigenvalue weighted by molar-refractivity contribution is -0.114. The van der Waals surface area contributed by atoms with Gasteiger partial charge in [-0.05, 0) is 52.9 Å². The Morgan fingerprint density at radius 3 is 2.75 bits per heavy atom. The molecule has 0 aromatic heterocycles. The van der Waals surface area contributed by atoms with Gasteiger partial charge in [-0.2, -0.15) is 5.10 Å². The molecule has 0 aliphatic rings. The number of carbonyl (C=O) groups is 2. The summed E-state index contributed by atoms with van der Waals surface area (Å²) in [6.07, 6.45) is 1.30. The number of rotatable bonds is 4. The zero-order valence-corrected chi connectivity index (χ0v) is 15.4. The van der Waals surface area contributed by atoms with Crippen molar-refractivity contribution < 1.29 is 14.7 Å². The number of hydrazone groups is 1. The molecule has 0 bridgehead atoms. The van der Waals surface area contributed by atoms with Crippen LogP contribution >= 0.6 is 34.2 Å². The van der Waals surface area contributed by atoms with E-state index >= 15 is 0 Å². The molecule has 2 rings (SSSR count). The van der Waals surface area contributed by atoms with Crippen molar-refractivity contribution in [3.05, 3.63) is 56.1 Å². The van der Waals surface area contributed by atoms with Gasteiger partial charge in [0.1, 0.15) is 5.75 Å². The third-order valence-electron chi connectivity index (χ3n) is 2.87. The SMILES string of the molecule is CC(=O)Nc1cccc(C(=O)N/N=C\c2cc(Cl)cc(I)c2O)c1. The van der Waals surface area contributed by atoms with Gasteiger partial charge in [0.05, 0.1) is 9.78 Å². The van der Waals surface area contributed by atoms with Crippen LogP contribution in [0.2, 0.25) is 5.02 Å². The molecule has 2 aromatic carbocycles. The molecule has 8 heteroatoms. The molecule has 0 heterocycles. The van der Waals surface area contributed by atoms with E-state index in [1.165, 1.54) is 25.3 Å². The fourth-order valence-electron chi connectivity index (χ4n) is 1.85. The Kier molecular flexibility index (Phi) is 6.16. The van der Waals surface area contributed by atoms with Crippen LogP contribution in [0.3, 0.4) is 0 Å². The number of amides is 2. The average molecular weight is 458 g/mol. The van der Waals surface area contributed by atoms with Gasteiger partial charge in [0.2, 0.25) is 5.91 Å². The molecule has 0 saturated heterocycles. The number of hydrogen-bond acceptors (Lipinski definition) is 4. The van der Waals surface area contributed by atoms with Gasteiger partial charge in [-0.15, -0.1) is 0 Å². The molecule has 2 amide bonds. The maximum Gasteiger partial charge on any atom is 0.271 e. The number of anilines is 1. The molecular formula is C16H13ClIN3O3. The van der Waals surface area contributed by atoms with Crippen molar-refractivity contribution in [1.29, 1.82) is 0 Å². The summed E-state index contributed by atoms with van der Waals surface area (Å²) in [5.41, 5.74) is 3.59. The van der Waals surface area contributed by atoms with Crippen LogP contribution in [0.25, 0.3) is 0 Å². The zero-order valence-electron chi connectivity index (χ0n) is 12.5. The molecule has 2 aromatic rings. The third-order valence-corrected chi connectivity index (χ3v) is 3.91. The van der Waals surface area contributed by atoms with Gasteiger partial charge in [-0.3, -0.25) is 9.59 Å². The number of nitrogens with one attached hydrogen (secondary N) is 2. The smallest absolute Gasteiger partial charge is 0.271 e. The Morgan fingerprint density at radius 2 is 2.04 bits per heavy atom. The van der Waals surface area contributed by atoms with Crippen LogP contribution in [0.1, 0.15) is 22.8 Å². The van der Waals surface area contributed by atoms with Crippen molar-refractivity contribution >= 4 is 57.9 Å². The molecule has 24 heavy (non-hydrogen) atoms. The second-order valence-corrected chi connectivity index (χ2v) is 6.39. The predicted molar refractivity (Wildman–Crippen MR) is 102 cm³/mol. The number of nitrogens with zero attached hydrogens (tertiary/aromatic N) is 1. The van der Waals surface area contributed by atoms with Crippen molar-refractivity contribution in [2.45, 2.75) is 6.92 Å². The molecule has 3 N–H and O–H groups in total. The van der Waals surface area contributed by atoms with Crippen molar-refractivity contribution in [2.75, 3.05) is 5.32 Å². The topological polar surface area (TPSA) is 90.8 Å². The lowest BCUT2D eigenvalue weighted by Crippen LogP contribution is -2.18. The van der Waals surface area contributed by atoms with Gasteiger partial charge >= 0.3 is 0 Å². The van der Waals surface area contributed by atoms with E-state index in [1.54, 1.807) is 24.3 Å². The monoisotopic (exact) mass is 457 g/mol. The summed E-state index contributed by atoms with van der Waals surface area (Å²) in [5.74, 6) is -0.642. The molecule has 0 aliphatic carbocycles. The summed E-state index contributed by atoms with van der Waals surface area (Å²) in [4.78, 5) is 23.1. The normalized spacial score (nSPS) is 10.6. The van der Waals surface area contributed by atoms with Crippen LogP contribution in [0.4, 0.5) is 5.69 Å². The lowest BCUT2D eigenvalue weighted by atomic mass is 10.2. The van der Waals surface area contributed by atoms with E-state index in [4.69, 9.17) is 11.6 Å². The minimum atomic E-state index is -0.449. The van der Waals surface area contributed by atoms with E-state index in [-0.39, 0.29) is 11.7 Å². The summed E-state index contributed by atoms with van der Waals surface area (Å²) in [7, 11) is 0. The average Bonchev–Trinajstić information content (AvgIpc) is 2.51. The highest BCUT2D eigenvalue weighted by Gasteiger charge is 2.07. The van der Waals surface area contributed by atoms with Crippen LogP contribution in [0, 0.1) is 3.57 Å². The standard InChI is InChI=1S/C16H13ClIN3O3/c1-9(22)20-13-4-2-3-10(6-13)16(24)21-19-8-11-5-12(17)7-14(18)15(11)23/h2-8,23H,1H3,(H,20,22)(H,21,24)/b19-8-. The highest BCUT2D eigenvalue weighted by molar-refractivity contribution is 14.1. The van der Waals surface area contributed by atoms with Crippen molar-refractivity contribution in [3.63, 3.8) is 0 Å². The maximum atomic E-state index is 12.1. The first-order valence-corrected chi connectivity index (χ1v) is 8.21. The van der Waals surface area contributed by atoms with Crippen LogP contribution in [-0.4, -0.2) is 23.1 Å². The fraction of sp³-hybridized carbons (Fsp3) is 0.0625. The van der Waals surface area contributed by atoms with E-state index in [2.05, 4.69) is 15.8 Å². The Bertz CT molecular complexity index is 824. The van der Waals surface area contributed by atoms with E-state index in [1.807, 2.05) is 22.6 Å². The van der Waals surface area contributed by atoms with Crippen LogP contribution in [0.15, 0.2) is 41.5 Å². The molecule has 0 spiro atoms. The fourth-order valence-corrected chi connectivity index (χ4v) is 2.91. The first-order chi connectivity index (χ1) is 11.4. The molecule has 6 nitrogen and oxygen atoms in total. The number of aromatic hydroxyl groups is 1. The second kappa shape index (κ2) is 8.11. The highest BCUT2D eigenvalue weighted by atomic mass is 127. The second-order valence-electron chi connectivity index (χ2n) is 4.79. The largest absolute Gasteiger partial charge is 0.506 e. The maximum absolute atomic E-state index is 12.1. The zero-order chi connectivity index (χ0) is 17.7. The van der Waals surface area contributed by atoms with Crippen molar-refractivity contribution in [2.24, 2.45) is 5.10 Å². The Labute approximate surface area is 157 Å². The number of phenols is 1. The van der Waals surface area contributed by atoms with Crippen LogP contribution < -0.4 is 10.7 Å². The number of hydrogen-bond donors (Lipinski definition) is 3. The molecule has 0 aliphatic heterocycles. The molecule has 0 radical (unpaired) electrons. The quantitative estimate of drug-likeness (QED) is 0.373. The molecule has 0 atom stereocenters. The molecular weight excluding hydrogens is 445 g/mol. The van der Waals surface area contributed by atoms with Gasteiger partial charge in [0.25, 0.3) is 5.91 Å². The van der Waals surface area contributed by atoms with Gasteiger partial charge < -0.3 is 10.4 Å². The number of halogens is 2. The highest BCUT2D eigenvalue weighted by Crippen LogP contribution is 2.27. The van der Waals surface area contributed by atoms with E-state index in [9.17, 15) is 14.7 Å². The molecule has 124 valence electrons. The van der Waals surface area contributed by atoms with Crippen LogP contribution in [-0.2, 0) is 4.79 Å². The number of benzene rings is 2. The molecule has 0 unspecified atom stereocenters. The van der Waals surface area contributed by atoms with E-state index in [0.29, 0.717) is 25.4 Å². The molecule has 0 fully saturated rings. The predicted octanol–water partition coefficient (Wildman–Crippen LogP) is 3.37. The summed E-state index contributed by atoms with van der Waals surface area (Å²) < 4.78 is 0.580. The Balaban J connectivity index is 2.09. The summed E-state index contributed by atoms with van der Waals surface area (Å²) in [5, 5.41) is 16.8. The minimum Gasteiger partial charge on any atom is -0.506 e. The Morgan fingerprint density at radius 1 is 1.29 bits per heavy atom. The van der Waals surface area contributed by atoms with Gasteiger partial charge in [0, 0.05) is 28.8 Å². The van der Waals surface area contributed by atoms with Gasteiger partial charge in [0.15, 0.2) is 0 Å². The van der Waals surface area contributed by atoms with Crippen LogP contribution in [0.5, 0.6) is 5.75 Å².